The number of nitrogens with one attached hydrogen (secondary N) is 1. The number of aromatic carboxylic acids is 1. The zero-order valence-corrected chi connectivity index (χ0v) is 17.9. The lowest BCUT2D eigenvalue weighted by atomic mass is 9.91. The third-order valence-electron chi connectivity index (χ3n) is 4.74. The van der Waals surface area contributed by atoms with Gasteiger partial charge in [-0.15, -0.1) is 11.8 Å². The van der Waals surface area contributed by atoms with E-state index in [2.05, 4.69) is 17.2 Å². The zero-order valence-electron chi connectivity index (χ0n) is 17.1. The van der Waals surface area contributed by atoms with Crippen LogP contribution in [0.25, 0.3) is 0 Å². The number of nitrogens with zero attached hydrogens (tertiary/aromatic N) is 1. The molecule has 0 fully saturated rings. The predicted octanol–water partition coefficient (Wildman–Crippen LogP) is 5.20. The lowest BCUT2D eigenvalue weighted by Crippen LogP contribution is -2.17. The minimum atomic E-state index is -1.06. The maximum atomic E-state index is 12.8. The Bertz CT molecular complexity index is 841. The molecule has 29 heavy (non-hydrogen) atoms. The highest BCUT2D eigenvalue weighted by Crippen LogP contribution is 2.33. The molecule has 0 aliphatic heterocycles. The number of carboxylic acids is 1. The predicted molar refractivity (Wildman–Crippen MR) is 116 cm³/mol. The summed E-state index contributed by atoms with van der Waals surface area (Å²) < 4.78 is 5.27. The summed E-state index contributed by atoms with van der Waals surface area (Å²) >= 11 is 1.58. The largest absolute Gasteiger partial charge is 0.495 e. The smallest absolute Gasteiger partial charge is 0.335 e. The summed E-state index contributed by atoms with van der Waals surface area (Å²) in [7, 11) is 1.49. The van der Waals surface area contributed by atoms with Gasteiger partial charge in [-0.3, -0.25) is 4.79 Å². The van der Waals surface area contributed by atoms with E-state index in [4.69, 9.17) is 4.74 Å². The lowest BCUT2D eigenvalue weighted by molar-refractivity contribution is -0.116. The summed E-state index contributed by atoms with van der Waals surface area (Å²) in [5, 5.41) is 13.0. The van der Waals surface area contributed by atoms with Crippen LogP contribution in [-0.4, -0.2) is 35.3 Å². The van der Waals surface area contributed by atoms with Gasteiger partial charge in [-0.05, 0) is 48.4 Å². The second-order valence-electron chi connectivity index (χ2n) is 6.77. The monoisotopic (exact) mass is 416 g/mol. The molecule has 0 saturated heterocycles. The van der Waals surface area contributed by atoms with Gasteiger partial charge in [-0.25, -0.2) is 9.78 Å². The van der Waals surface area contributed by atoms with E-state index in [9.17, 15) is 14.7 Å². The second-order valence-corrected chi connectivity index (χ2v) is 7.56. The van der Waals surface area contributed by atoms with Crippen LogP contribution < -0.4 is 10.1 Å². The third-order valence-corrected chi connectivity index (χ3v) is 5.47. The molecule has 1 aromatic heterocycles. The van der Waals surface area contributed by atoms with Gasteiger partial charge in [0.05, 0.1) is 23.4 Å². The fraction of sp³-hybridized carbons (Fsp3) is 0.409. The van der Waals surface area contributed by atoms with E-state index >= 15 is 0 Å². The molecule has 2 N–H and O–H groups in total. The van der Waals surface area contributed by atoms with Gasteiger partial charge < -0.3 is 15.2 Å². The quantitative estimate of drug-likeness (QED) is 0.386. The molecular formula is C22H28N2O4S. The fourth-order valence-corrected chi connectivity index (χ4v) is 3.89. The van der Waals surface area contributed by atoms with Gasteiger partial charge in [0.2, 0.25) is 5.91 Å². The molecule has 0 saturated carbocycles. The Hall–Kier alpha value is -2.54. The van der Waals surface area contributed by atoms with Crippen molar-refractivity contribution in [3.63, 3.8) is 0 Å². The minimum absolute atomic E-state index is 0.0475. The Labute approximate surface area is 176 Å². The van der Waals surface area contributed by atoms with Gasteiger partial charge >= 0.3 is 5.97 Å². The van der Waals surface area contributed by atoms with Crippen LogP contribution in [0, 0.1) is 0 Å². The van der Waals surface area contributed by atoms with E-state index in [1.807, 2.05) is 18.4 Å². The molecule has 1 amide bonds. The number of carbonyl (C=O) groups is 2. The molecule has 1 aromatic carbocycles. The van der Waals surface area contributed by atoms with Crippen molar-refractivity contribution in [1.82, 2.24) is 4.98 Å². The van der Waals surface area contributed by atoms with E-state index in [0.717, 1.165) is 36.3 Å². The molecule has 156 valence electrons. The van der Waals surface area contributed by atoms with Gasteiger partial charge in [0, 0.05) is 12.6 Å². The van der Waals surface area contributed by atoms with Crippen LogP contribution in [0.1, 0.15) is 60.9 Å². The van der Waals surface area contributed by atoms with Crippen molar-refractivity contribution in [2.24, 2.45) is 0 Å². The van der Waals surface area contributed by atoms with Crippen LogP contribution in [0.2, 0.25) is 0 Å². The van der Waals surface area contributed by atoms with Crippen molar-refractivity contribution in [2.45, 2.75) is 50.0 Å². The first-order valence-corrected chi connectivity index (χ1v) is 10.9. The number of pyridine rings is 1. The Morgan fingerprint density at radius 3 is 2.72 bits per heavy atom. The maximum absolute atomic E-state index is 12.8. The van der Waals surface area contributed by atoms with Crippen LogP contribution in [0.4, 0.5) is 5.69 Å². The first-order valence-electron chi connectivity index (χ1n) is 9.70. The Morgan fingerprint density at radius 1 is 1.28 bits per heavy atom. The van der Waals surface area contributed by atoms with E-state index in [1.54, 1.807) is 24.0 Å². The number of benzene rings is 1. The normalized spacial score (nSPS) is 11.7. The third kappa shape index (κ3) is 6.49. The van der Waals surface area contributed by atoms with Crippen LogP contribution >= 0.6 is 11.8 Å². The highest BCUT2D eigenvalue weighted by atomic mass is 32.2. The second kappa shape index (κ2) is 11.5. The number of thioether (sulfide) groups is 1. The van der Waals surface area contributed by atoms with Gasteiger partial charge in [0.1, 0.15) is 5.75 Å². The zero-order chi connectivity index (χ0) is 21.2. The number of amides is 1. The number of carbonyl (C=O) groups excluding carboxylic acids is 1. The summed E-state index contributed by atoms with van der Waals surface area (Å²) in [5.74, 6) is -0.757. The number of carboxylic acid groups (broad SMARTS) is 1. The standard InChI is InChI=1S/C22H28N2O4S/c1-4-5-6-8-15(17-9-7-12-23-21(17)29-3)14-20(25)24-18-13-16(22(26)27)10-11-19(18)28-2/h7,9-13,15H,4-6,8,14H2,1-3H3,(H,24,25)(H,26,27). The summed E-state index contributed by atoms with van der Waals surface area (Å²) in [6.07, 6.45) is 8.20. The molecule has 2 aromatic rings. The molecule has 2 rings (SSSR count). The van der Waals surface area contributed by atoms with Crippen LogP contribution in [-0.2, 0) is 4.79 Å². The number of hydrogen-bond donors (Lipinski definition) is 2. The number of unbranched alkanes of at least 4 members (excludes halogenated alkanes) is 2. The van der Waals surface area contributed by atoms with Crippen molar-refractivity contribution >= 4 is 29.3 Å². The summed E-state index contributed by atoms with van der Waals surface area (Å²) in [6.45, 7) is 2.15. The van der Waals surface area contributed by atoms with Crippen molar-refractivity contribution in [2.75, 3.05) is 18.7 Å². The van der Waals surface area contributed by atoms with E-state index < -0.39 is 5.97 Å². The number of aromatic nitrogens is 1. The first-order chi connectivity index (χ1) is 14.0. The van der Waals surface area contributed by atoms with Crippen LogP contribution in [0.5, 0.6) is 5.75 Å². The number of hydrogen-bond acceptors (Lipinski definition) is 5. The fourth-order valence-electron chi connectivity index (χ4n) is 3.26. The molecule has 1 unspecified atom stereocenters. The highest BCUT2D eigenvalue weighted by molar-refractivity contribution is 7.98. The van der Waals surface area contributed by atoms with E-state index in [-0.39, 0.29) is 17.4 Å². The van der Waals surface area contributed by atoms with Crippen molar-refractivity contribution in [3.8, 4) is 5.75 Å². The van der Waals surface area contributed by atoms with Crippen LogP contribution in [0.15, 0.2) is 41.6 Å². The Kier molecular flexibility index (Phi) is 8.99. The van der Waals surface area contributed by atoms with Gasteiger partial charge in [-0.1, -0.05) is 32.3 Å². The lowest BCUT2D eigenvalue weighted by Gasteiger charge is -2.19. The van der Waals surface area contributed by atoms with Gasteiger partial charge in [-0.2, -0.15) is 0 Å². The highest BCUT2D eigenvalue weighted by Gasteiger charge is 2.20. The first kappa shape index (κ1) is 22.7. The molecular weight excluding hydrogens is 388 g/mol. The molecule has 0 spiro atoms. The van der Waals surface area contributed by atoms with Crippen molar-refractivity contribution < 1.29 is 19.4 Å². The molecule has 0 bridgehead atoms. The molecule has 6 nitrogen and oxygen atoms in total. The summed E-state index contributed by atoms with van der Waals surface area (Å²) in [4.78, 5) is 28.5. The summed E-state index contributed by atoms with van der Waals surface area (Å²) in [5.41, 5.74) is 1.54. The maximum Gasteiger partial charge on any atom is 0.335 e. The topological polar surface area (TPSA) is 88.5 Å². The minimum Gasteiger partial charge on any atom is -0.495 e. The molecule has 1 atom stereocenters. The number of ether oxygens (including phenoxy) is 1. The SMILES string of the molecule is CCCCCC(CC(=O)Nc1cc(C(=O)O)ccc1OC)c1cccnc1SC. The Balaban J connectivity index is 2.21. The van der Waals surface area contributed by atoms with Crippen molar-refractivity contribution in [3.05, 3.63) is 47.7 Å². The Morgan fingerprint density at radius 2 is 2.07 bits per heavy atom. The average Bonchev–Trinajstić information content (AvgIpc) is 2.73. The number of anilines is 1. The van der Waals surface area contributed by atoms with Gasteiger partial charge in [0.15, 0.2) is 0 Å². The van der Waals surface area contributed by atoms with Gasteiger partial charge in [0.25, 0.3) is 0 Å². The average molecular weight is 417 g/mol. The molecule has 0 aliphatic rings. The molecule has 7 heteroatoms. The molecule has 0 aliphatic carbocycles. The number of rotatable bonds is 11. The molecule has 0 radical (unpaired) electrons. The van der Waals surface area contributed by atoms with Crippen molar-refractivity contribution in [1.29, 1.82) is 0 Å². The summed E-state index contributed by atoms with van der Waals surface area (Å²) in [6, 6.07) is 8.35. The van der Waals surface area contributed by atoms with E-state index in [0.29, 0.717) is 17.9 Å². The van der Waals surface area contributed by atoms with Crippen LogP contribution in [0.3, 0.4) is 0 Å². The number of methoxy groups -OCH3 is 1. The molecule has 1 heterocycles. The van der Waals surface area contributed by atoms with E-state index in [1.165, 1.54) is 19.2 Å².